The smallest absolute Gasteiger partial charge is 0.222 e. The Hall–Kier alpha value is -0.530. The van der Waals surface area contributed by atoms with Crippen LogP contribution in [0.25, 0.3) is 0 Å². The van der Waals surface area contributed by atoms with Gasteiger partial charge in [-0.25, -0.2) is 0 Å². The average Bonchev–Trinajstić information content (AvgIpc) is 2.05. The summed E-state index contributed by atoms with van der Waals surface area (Å²) < 4.78 is 0. The first kappa shape index (κ1) is 7.14. The van der Waals surface area contributed by atoms with Crippen LogP contribution >= 0.6 is 0 Å². The lowest BCUT2D eigenvalue weighted by Crippen LogP contribution is -2.59. The number of hydrogen-bond acceptors (Lipinski definition) is 1. The van der Waals surface area contributed by atoms with E-state index < -0.39 is 0 Å². The largest absolute Gasteiger partial charge is 0.350 e. The van der Waals surface area contributed by atoms with Crippen LogP contribution in [0.15, 0.2) is 0 Å². The molecule has 2 aliphatic rings. The van der Waals surface area contributed by atoms with Crippen molar-refractivity contribution in [1.82, 2.24) is 5.32 Å². The molecule has 2 nitrogen and oxygen atoms in total. The maximum absolute atomic E-state index is 10.8. The van der Waals surface area contributed by atoms with Crippen LogP contribution in [-0.2, 0) is 4.79 Å². The standard InChI is InChI=1S/C9H15NO/c1-8(2)3-4-9(6-8)5-7(11)10-9/h3-6H2,1-2H3,(H,10,11). The lowest BCUT2D eigenvalue weighted by Gasteiger charge is -2.40. The Labute approximate surface area is 67.4 Å². The molecule has 1 unspecified atom stereocenters. The molecule has 0 radical (unpaired) electrons. The Kier molecular flexibility index (Phi) is 1.16. The van der Waals surface area contributed by atoms with Crippen LogP contribution in [-0.4, -0.2) is 11.4 Å². The molecule has 1 atom stereocenters. The number of β-lactam (4-membered cyclic amide) rings is 1. The summed E-state index contributed by atoms with van der Waals surface area (Å²) in [6.45, 7) is 4.57. The highest BCUT2D eigenvalue weighted by molar-refractivity contribution is 5.84. The molecule has 0 aromatic heterocycles. The van der Waals surface area contributed by atoms with Gasteiger partial charge in [0.25, 0.3) is 0 Å². The Morgan fingerprint density at radius 3 is 2.36 bits per heavy atom. The van der Waals surface area contributed by atoms with Gasteiger partial charge in [0.1, 0.15) is 0 Å². The van der Waals surface area contributed by atoms with Gasteiger partial charge in [-0.05, 0) is 24.7 Å². The van der Waals surface area contributed by atoms with Gasteiger partial charge in [-0.1, -0.05) is 13.8 Å². The molecule has 1 saturated carbocycles. The highest BCUT2D eigenvalue weighted by atomic mass is 16.2. The van der Waals surface area contributed by atoms with E-state index in [-0.39, 0.29) is 11.4 Å². The van der Waals surface area contributed by atoms with Crippen LogP contribution in [0.5, 0.6) is 0 Å². The quantitative estimate of drug-likeness (QED) is 0.524. The fourth-order valence-electron chi connectivity index (χ4n) is 2.51. The third kappa shape index (κ3) is 1.05. The summed E-state index contributed by atoms with van der Waals surface area (Å²) in [4.78, 5) is 10.8. The van der Waals surface area contributed by atoms with Crippen molar-refractivity contribution in [3.8, 4) is 0 Å². The molecular weight excluding hydrogens is 138 g/mol. The van der Waals surface area contributed by atoms with Crippen molar-refractivity contribution in [3.63, 3.8) is 0 Å². The molecular formula is C9H15NO. The Bertz CT molecular complexity index is 200. The van der Waals surface area contributed by atoms with Crippen LogP contribution in [0.1, 0.15) is 39.5 Å². The van der Waals surface area contributed by atoms with Crippen molar-refractivity contribution >= 4 is 5.91 Å². The first-order chi connectivity index (χ1) is 5.02. The zero-order valence-corrected chi connectivity index (χ0v) is 7.24. The topological polar surface area (TPSA) is 29.1 Å². The van der Waals surface area contributed by atoms with Crippen molar-refractivity contribution in [3.05, 3.63) is 0 Å². The van der Waals surface area contributed by atoms with Crippen LogP contribution < -0.4 is 5.32 Å². The van der Waals surface area contributed by atoms with Crippen molar-refractivity contribution in [2.75, 3.05) is 0 Å². The maximum atomic E-state index is 10.8. The minimum atomic E-state index is 0.223. The minimum absolute atomic E-state index is 0.223. The monoisotopic (exact) mass is 153 g/mol. The molecule has 1 aliphatic carbocycles. The number of amides is 1. The summed E-state index contributed by atoms with van der Waals surface area (Å²) in [6, 6.07) is 0. The van der Waals surface area contributed by atoms with Crippen LogP contribution in [0.3, 0.4) is 0 Å². The molecule has 1 saturated heterocycles. The highest BCUT2D eigenvalue weighted by Crippen LogP contribution is 2.47. The fraction of sp³-hybridized carbons (Fsp3) is 0.889. The first-order valence-corrected chi connectivity index (χ1v) is 4.33. The molecule has 2 rings (SSSR count). The van der Waals surface area contributed by atoms with Crippen LogP contribution in [0.2, 0.25) is 0 Å². The van der Waals surface area contributed by atoms with Crippen molar-refractivity contribution in [2.24, 2.45) is 5.41 Å². The van der Waals surface area contributed by atoms with Crippen molar-refractivity contribution in [2.45, 2.75) is 45.1 Å². The lowest BCUT2D eigenvalue weighted by molar-refractivity contribution is -0.132. The maximum Gasteiger partial charge on any atom is 0.222 e. The predicted molar refractivity (Wildman–Crippen MR) is 43.1 cm³/mol. The van der Waals surface area contributed by atoms with Gasteiger partial charge in [-0.2, -0.15) is 0 Å². The van der Waals surface area contributed by atoms with Gasteiger partial charge >= 0.3 is 0 Å². The zero-order chi connectivity index (χ0) is 8.11. The average molecular weight is 153 g/mol. The molecule has 1 spiro atoms. The fourth-order valence-corrected chi connectivity index (χ4v) is 2.51. The number of carbonyl (C=O) groups is 1. The van der Waals surface area contributed by atoms with Crippen molar-refractivity contribution < 1.29 is 4.79 Å². The molecule has 2 heteroatoms. The molecule has 62 valence electrons. The van der Waals surface area contributed by atoms with E-state index in [0.717, 1.165) is 6.42 Å². The Balaban J connectivity index is 2.05. The molecule has 1 N–H and O–H groups in total. The van der Waals surface area contributed by atoms with Gasteiger partial charge < -0.3 is 5.32 Å². The third-order valence-electron chi connectivity index (χ3n) is 3.00. The van der Waals surface area contributed by atoms with E-state index in [1.807, 2.05) is 0 Å². The molecule has 11 heavy (non-hydrogen) atoms. The predicted octanol–water partition coefficient (Wildman–Crippen LogP) is 1.46. The molecule has 0 bridgehead atoms. The summed E-state index contributed by atoms with van der Waals surface area (Å²) in [6.07, 6.45) is 4.39. The molecule has 2 fully saturated rings. The third-order valence-corrected chi connectivity index (χ3v) is 3.00. The summed E-state index contributed by atoms with van der Waals surface area (Å²) in [5.74, 6) is 0.239. The van der Waals surface area contributed by atoms with Gasteiger partial charge in [0.15, 0.2) is 0 Å². The van der Waals surface area contributed by atoms with E-state index in [9.17, 15) is 4.79 Å². The van der Waals surface area contributed by atoms with Gasteiger partial charge in [0, 0.05) is 12.0 Å². The normalized spacial score (nSPS) is 40.4. The molecule has 0 aromatic carbocycles. The lowest BCUT2D eigenvalue weighted by atomic mass is 9.81. The van der Waals surface area contributed by atoms with Gasteiger partial charge in [0.2, 0.25) is 5.91 Å². The van der Waals surface area contributed by atoms with Crippen LogP contribution in [0, 0.1) is 5.41 Å². The molecule has 1 aliphatic heterocycles. The minimum Gasteiger partial charge on any atom is -0.350 e. The number of carbonyl (C=O) groups excluding carboxylic acids is 1. The van der Waals surface area contributed by atoms with Gasteiger partial charge in [-0.3, -0.25) is 4.79 Å². The van der Waals surface area contributed by atoms with E-state index in [2.05, 4.69) is 19.2 Å². The number of rotatable bonds is 0. The van der Waals surface area contributed by atoms with E-state index in [1.54, 1.807) is 0 Å². The first-order valence-electron chi connectivity index (χ1n) is 4.33. The second-order valence-electron chi connectivity index (χ2n) is 4.85. The van der Waals surface area contributed by atoms with E-state index in [0.29, 0.717) is 5.41 Å². The summed E-state index contributed by atoms with van der Waals surface area (Å²) >= 11 is 0. The van der Waals surface area contributed by atoms with E-state index in [1.165, 1.54) is 19.3 Å². The second kappa shape index (κ2) is 1.79. The molecule has 1 heterocycles. The zero-order valence-electron chi connectivity index (χ0n) is 7.24. The SMILES string of the molecule is CC1(C)CCC2(CC(=O)N2)C1. The highest BCUT2D eigenvalue weighted by Gasteiger charge is 2.50. The van der Waals surface area contributed by atoms with Crippen molar-refractivity contribution in [1.29, 1.82) is 0 Å². The molecule has 1 amide bonds. The van der Waals surface area contributed by atoms with Gasteiger partial charge in [-0.15, -0.1) is 0 Å². The van der Waals surface area contributed by atoms with Crippen LogP contribution in [0.4, 0.5) is 0 Å². The summed E-state index contributed by atoms with van der Waals surface area (Å²) in [5.41, 5.74) is 0.675. The summed E-state index contributed by atoms with van der Waals surface area (Å²) in [5, 5.41) is 3.03. The number of nitrogens with one attached hydrogen (secondary N) is 1. The number of hydrogen-bond donors (Lipinski definition) is 1. The van der Waals surface area contributed by atoms with Gasteiger partial charge in [0.05, 0.1) is 0 Å². The second-order valence-corrected chi connectivity index (χ2v) is 4.85. The molecule has 0 aromatic rings. The summed E-state index contributed by atoms with van der Waals surface area (Å²) in [7, 11) is 0. The Morgan fingerprint density at radius 1 is 1.36 bits per heavy atom. The van der Waals surface area contributed by atoms with E-state index >= 15 is 0 Å². The Morgan fingerprint density at radius 2 is 2.00 bits per heavy atom. The van der Waals surface area contributed by atoms with E-state index in [4.69, 9.17) is 0 Å².